The van der Waals surface area contributed by atoms with E-state index < -0.39 is 24.1 Å². The van der Waals surface area contributed by atoms with Gasteiger partial charge in [0, 0.05) is 6.42 Å². The van der Waals surface area contributed by atoms with Crippen molar-refractivity contribution >= 4 is 23.5 Å². The van der Waals surface area contributed by atoms with Crippen molar-refractivity contribution in [1.82, 2.24) is 0 Å². The van der Waals surface area contributed by atoms with Crippen molar-refractivity contribution in [3.8, 4) is 0 Å². The summed E-state index contributed by atoms with van der Waals surface area (Å²) >= 11 is 0. The van der Waals surface area contributed by atoms with Gasteiger partial charge in [0.05, 0.1) is 13.0 Å². The van der Waals surface area contributed by atoms with E-state index in [1.54, 1.807) is 0 Å². The van der Waals surface area contributed by atoms with E-state index in [-0.39, 0.29) is 31.7 Å². The van der Waals surface area contributed by atoms with Crippen LogP contribution in [0.5, 0.6) is 0 Å². The molecule has 0 aromatic heterocycles. The van der Waals surface area contributed by atoms with Crippen molar-refractivity contribution < 1.29 is 29.0 Å². The largest absolute Gasteiger partial charge is 0.481 e. The van der Waals surface area contributed by atoms with Crippen LogP contribution in [0.1, 0.15) is 32.6 Å². The summed E-state index contributed by atoms with van der Waals surface area (Å²) in [6, 6.07) is 0. The third-order valence-corrected chi connectivity index (χ3v) is 1.59. The molecule has 6 heteroatoms. The Morgan fingerprint density at radius 1 is 1.12 bits per heavy atom. The van der Waals surface area contributed by atoms with Crippen LogP contribution < -0.4 is 0 Å². The first kappa shape index (κ1) is 14.3. The highest BCUT2D eigenvalue weighted by atomic mass is 16.5. The van der Waals surface area contributed by atoms with Crippen LogP contribution >= 0.6 is 0 Å². The highest BCUT2D eigenvalue weighted by molar-refractivity contribution is 6.04. The van der Waals surface area contributed by atoms with E-state index in [1.165, 1.54) is 6.92 Å². The molecule has 0 aliphatic heterocycles. The molecule has 0 spiro atoms. The van der Waals surface area contributed by atoms with Gasteiger partial charge in [-0.15, -0.1) is 0 Å². The molecule has 0 rings (SSSR count). The molecule has 0 saturated carbocycles. The van der Waals surface area contributed by atoms with Crippen LogP contribution in [0, 0.1) is 0 Å². The summed E-state index contributed by atoms with van der Waals surface area (Å²) in [6.07, 6.45) is -0.590. The molecule has 0 aliphatic carbocycles. The lowest BCUT2D eigenvalue weighted by Gasteiger charge is -2.02. The molecule has 0 heterocycles. The standard InChI is InChI=1S/C10H14O6/c1-7(11)5-8(12)6-10(15)16-4-2-3-9(13)14/h2-6H2,1H3,(H,13,14). The van der Waals surface area contributed by atoms with Gasteiger partial charge in [-0.2, -0.15) is 0 Å². The fraction of sp³-hybridized carbons (Fsp3) is 0.600. The van der Waals surface area contributed by atoms with Crippen molar-refractivity contribution in [2.24, 2.45) is 0 Å². The first-order valence-corrected chi connectivity index (χ1v) is 4.80. The van der Waals surface area contributed by atoms with E-state index in [0.717, 1.165) is 0 Å². The summed E-state index contributed by atoms with van der Waals surface area (Å²) in [7, 11) is 0. The number of ether oxygens (including phenoxy) is 1. The molecule has 1 N–H and O–H groups in total. The van der Waals surface area contributed by atoms with E-state index in [2.05, 4.69) is 4.74 Å². The van der Waals surface area contributed by atoms with E-state index in [4.69, 9.17) is 5.11 Å². The maximum atomic E-state index is 11.0. The molecule has 0 fully saturated rings. The zero-order valence-corrected chi connectivity index (χ0v) is 9.02. The van der Waals surface area contributed by atoms with E-state index in [0.29, 0.717) is 0 Å². The number of hydrogen-bond donors (Lipinski definition) is 1. The Balaban J connectivity index is 3.62. The number of Topliss-reactive ketones (excluding diaryl/α,β-unsaturated/α-hetero) is 2. The Kier molecular flexibility index (Phi) is 6.74. The molecule has 0 radical (unpaired) electrons. The van der Waals surface area contributed by atoms with Gasteiger partial charge in [0.15, 0.2) is 5.78 Å². The molecule has 6 nitrogen and oxygen atoms in total. The van der Waals surface area contributed by atoms with Gasteiger partial charge in [-0.3, -0.25) is 19.2 Å². The van der Waals surface area contributed by atoms with Crippen molar-refractivity contribution in [2.75, 3.05) is 6.61 Å². The minimum atomic E-state index is -0.969. The summed E-state index contributed by atoms with van der Waals surface area (Å²) < 4.78 is 4.61. The average molecular weight is 230 g/mol. The number of esters is 1. The Labute approximate surface area is 92.6 Å². The number of rotatable bonds is 8. The lowest BCUT2D eigenvalue weighted by atomic mass is 10.2. The number of carbonyl (C=O) groups is 4. The Morgan fingerprint density at radius 2 is 1.75 bits per heavy atom. The third-order valence-electron chi connectivity index (χ3n) is 1.59. The molecule has 0 aromatic carbocycles. The van der Waals surface area contributed by atoms with Gasteiger partial charge in [-0.05, 0) is 13.3 Å². The highest BCUT2D eigenvalue weighted by Crippen LogP contribution is 1.96. The lowest BCUT2D eigenvalue weighted by molar-refractivity contribution is -0.147. The topological polar surface area (TPSA) is 97.7 Å². The Morgan fingerprint density at radius 3 is 2.25 bits per heavy atom. The number of hydrogen-bond acceptors (Lipinski definition) is 5. The summed E-state index contributed by atoms with van der Waals surface area (Å²) in [5, 5.41) is 8.29. The van der Waals surface area contributed by atoms with Crippen molar-refractivity contribution in [1.29, 1.82) is 0 Å². The first-order valence-electron chi connectivity index (χ1n) is 4.80. The number of carboxylic acid groups (broad SMARTS) is 1. The summed E-state index contributed by atoms with van der Waals surface area (Å²) in [6.45, 7) is 1.23. The van der Waals surface area contributed by atoms with Gasteiger partial charge in [0.1, 0.15) is 12.2 Å². The third kappa shape index (κ3) is 8.86. The van der Waals surface area contributed by atoms with Crippen molar-refractivity contribution in [2.45, 2.75) is 32.6 Å². The van der Waals surface area contributed by atoms with Crippen molar-refractivity contribution in [3.63, 3.8) is 0 Å². The predicted molar refractivity (Wildman–Crippen MR) is 52.8 cm³/mol. The van der Waals surface area contributed by atoms with Crippen LogP contribution in [0.2, 0.25) is 0 Å². The second kappa shape index (κ2) is 7.56. The Bertz CT molecular complexity index is 294. The lowest BCUT2D eigenvalue weighted by Crippen LogP contribution is -2.14. The van der Waals surface area contributed by atoms with Gasteiger partial charge in [-0.1, -0.05) is 0 Å². The van der Waals surface area contributed by atoms with Crippen LogP contribution in [0.25, 0.3) is 0 Å². The first-order chi connectivity index (χ1) is 7.41. The smallest absolute Gasteiger partial charge is 0.313 e. The molecule has 0 unspecified atom stereocenters. The molecule has 0 saturated heterocycles. The average Bonchev–Trinajstić information content (AvgIpc) is 2.10. The predicted octanol–water partition coefficient (Wildman–Crippen LogP) is 0.333. The van der Waals surface area contributed by atoms with E-state index in [9.17, 15) is 19.2 Å². The molecule has 0 bridgehead atoms. The molecule has 0 atom stereocenters. The van der Waals surface area contributed by atoms with Gasteiger partial charge >= 0.3 is 11.9 Å². The normalized spacial score (nSPS) is 9.56. The quantitative estimate of drug-likeness (QED) is 0.366. The SMILES string of the molecule is CC(=O)CC(=O)CC(=O)OCCCC(=O)O. The van der Waals surface area contributed by atoms with Gasteiger partial charge in [-0.25, -0.2) is 0 Å². The molecule has 0 aromatic rings. The molecule has 0 aliphatic rings. The van der Waals surface area contributed by atoms with Crippen LogP contribution in [0.4, 0.5) is 0 Å². The molecule has 16 heavy (non-hydrogen) atoms. The zero-order chi connectivity index (χ0) is 12.6. The minimum Gasteiger partial charge on any atom is -0.481 e. The summed E-state index contributed by atoms with van der Waals surface area (Å²) in [4.78, 5) is 42.6. The second-order valence-electron chi connectivity index (χ2n) is 3.31. The van der Waals surface area contributed by atoms with E-state index >= 15 is 0 Å². The fourth-order valence-electron chi connectivity index (χ4n) is 0.962. The fourth-order valence-corrected chi connectivity index (χ4v) is 0.962. The minimum absolute atomic E-state index is 0.0293. The molecular weight excluding hydrogens is 216 g/mol. The summed E-state index contributed by atoms with van der Waals surface area (Å²) in [5.41, 5.74) is 0. The van der Waals surface area contributed by atoms with Crippen molar-refractivity contribution in [3.05, 3.63) is 0 Å². The van der Waals surface area contributed by atoms with Crippen LogP contribution in [0.3, 0.4) is 0 Å². The van der Waals surface area contributed by atoms with Crippen LogP contribution in [-0.2, 0) is 23.9 Å². The molecular formula is C10H14O6. The second-order valence-corrected chi connectivity index (χ2v) is 3.31. The number of carboxylic acids is 1. The number of ketones is 2. The van der Waals surface area contributed by atoms with Crippen LogP contribution in [-0.4, -0.2) is 35.2 Å². The Hall–Kier alpha value is -1.72. The van der Waals surface area contributed by atoms with Gasteiger partial charge < -0.3 is 9.84 Å². The van der Waals surface area contributed by atoms with Gasteiger partial charge in [0.2, 0.25) is 0 Å². The van der Waals surface area contributed by atoms with Gasteiger partial charge in [0.25, 0.3) is 0 Å². The van der Waals surface area contributed by atoms with Crippen LogP contribution in [0.15, 0.2) is 0 Å². The highest BCUT2D eigenvalue weighted by Gasteiger charge is 2.12. The molecule has 90 valence electrons. The maximum absolute atomic E-state index is 11.0. The molecule has 0 amide bonds. The maximum Gasteiger partial charge on any atom is 0.313 e. The number of carbonyl (C=O) groups excluding carboxylic acids is 3. The number of aliphatic carboxylic acids is 1. The monoisotopic (exact) mass is 230 g/mol. The zero-order valence-electron chi connectivity index (χ0n) is 9.02. The summed E-state index contributed by atoms with van der Waals surface area (Å²) in [5.74, 6) is -2.49. The van der Waals surface area contributed by atoms with E-state index in [1.807, 2.05) is 0 Å².